The number of imidazole rings is 1. The zero-order valence-corrected chi connectivity index (χ0v) is 11.8. The Morgan fingerprint density at radius 2 is 2.14 bits per heavy atom. The molecular formula is C13H12ClN5O2. The number of nitrogens with two attached hydrogens (primary N) is 1. The smallest absolute Gasteiger partial charge is 0.278 e. The number of nitrogen functional groups attached to an aromatic ring is 1. The molecule has 0 saturated heterocycles. The van der Waals surface area contributed by atoms with Crippen LogP contribution in [0.4, 0.5) is 5.95 Å². The van der Waals surface area contributed by atoms with Crippen LogP contribution in [0.25, 0.3) is 11.2 Å². The Morgan fingerprint density at radius 1 is 1.33 bits per heavy atom. The molecule has 1 aromatic carbocycles. The second-order valence-electron chi connectivity index (χ2n) is 4.49. The molecule has 0 spiro atoms. The first-order chi connectivity index (χ1) is 10.0. The predicted octanol–water partition coefficient (Wildman–Crippen LogP) is 2.02. The molecule has 0 saturated carbocycles. The number of hydrogen-bond donors (Lipinski definition) is 3. The zero-order chi connectivity index (χ0) is 15.0. The fourth-order valence-corrected chi connectivity index (χ4v) is 2.12. The number of halogens is 1. The number of nitrogens with one attached hydrogen (secondary N) is 2. The van der Waals surface area contributed by atoms with Gasteiger partial charge in [-0.15, -0.1) is 0 Å². The van der Waals surface area contributed by atoms with Crippen LogP contribution >= 0.6 is 11.6 Å². The Morgan fingerprint density at radius 3 is 2.90 bits per heavy atom. The van der Waals surface area contributed by atoms with Gasteiger partial charge in [0, 0.05) is 5.02 Å². The van der Waals surface area contributed by atoms with Crippen LogP contribution in [0.3, 0.4) is 0 Å². The fraction of sp³-hybridized carbons (Fsp3) is 0.154. The van der Waals surface area contributed by atoms with Crippen LogP contribution < -0.4 is 16.0 Å². The summed E-state index contributed by atoms with van der Waals surface area (Å²) < 4.78 is 5.73. The van der Waals surface area contributed by atoms with Gasteiger partial charge in [-0.05, 0) is 25.1 Å². The minimum absolute atomic E-state index is 0.0222. The number of aromatic nitrogens is 4. The number of benzene rings is 1. The quantitative estimate of drug-likeness (QED) is 0.685. The number of nitrogens with zero attached hydrogens (tertiary/aromatic N) is 2. The van der Waals surface area contributed by atoms with Crippen LogP contribution in [0.1, 0.15) is 18.9 Å². The van der Waals surface area contributed by atoms with E-state index in [1.54, 1.807) is 31.2 Å². The van der Waals surface area contributed by atoms with E-state index in [1.165, 1.54) is 0 Å². The van der Waals surface area contributed by atoms with E-state index in [1.807, 2.05) is 0 Å². The topological polar surface area (TPSA) is 110 Å². The molecule has 0 aliphatic rings. The summed E-state index contributed by atoms with van der Waals surface area (Å²) in [5, 5.41) is 0.579. The van der Waals surface area contributed by atoms with Gasteiger partial charge in [-0.25, -0.2) is 4.98 Å². The highest BCUT2D eigenvalue weighted by Crippen LogP contribution is 2.23. The number of ether oxygens (including phenoxy) is 1. The van der Waals surface area contributed by atoms with Gasteiger partial charge in [-0.3, -0.25) is 9.78 Å². The van der Waals surface area contributed by atoms with Gasteiger partial charge in [0.15, 0.2) is 17.3 Å². The maximum atomic E-state index is 11.7. The Hall–Kier alpha value is -2.54. The standard InChI is InChI=1S/C13H12ClN5O2/c1-6(21-8-4-2-3-7(14)5-8)10-16-9-11(17-10)18-13(15)19-12(9)20/h2-6H,1H3,(H4,15,16,17,18,19,20). The van der Waals surface area contributed by atoms with Crippen molar-refractivity contribution in [3.63, 3.8) is 0 Å². The SMILES string of the molecule is CC(Oc1cccc(Cl)c1)c1nc2nc(N)[nH]c(=O)c2[nH]1. The van der Waals surface area contributed by atoms with Gasteiger partial charge in [0.05, 0.1) is 0 Å². The molecule has 3 aromatic rings. The first kappa shape index (κ1) is 13.4. The van der Waals surface area contributed by atoms with Crippen molar-refractivity contribution in [1.29, 1.82) is 0 Å². The molecule has 8 heteroatoms. The molecule has 4 N–H and O–H groups in total. The summed E-state index contributed by atoms with van der Waals surface area (Å²) in [7, 11) is 0. The fourth-order valence-electron chi connectivity index (χ4n) is 1.93. The summed E-state index contributed by atoms with van der Waals surface area (Å²) in [5.41, 5.74) is 5.64. The van der Waals surface area contributed by atoms with Crippen molar-refractivity contribution < 1.29 is 4.74 Å². The minimum Gasteiger partial charge on any atom is -0.483 e. The van der Waals surface area contributed by atoms with E-state index in [4.69, 9.17) is 22.1 Å². The van der Waals surface area contributed by atoms with E-state index in [0.717, 1.165) is 0 Å². The molecule has 0 fully saturated rings. The van der Waals surface area contributed by atoms with Gasteiger partial charge in [-0.2, -0.15) is 4.98 Å². The molecule has 0 aliphatic heterocycles. The predicted molar refractivity (Wildman–Crippen MR) is 79.4 cm³/mol. The Kier molecular flexibility index (Phi) is 3.26. The van der Waals surface area contributed by atoms with Crippen molar-refractivity contribution in [3.05, 3.63) is 45.5 Å². The second-order valence-corrected chi connectivity index (χ2v) is 4.93. The summed E-state index contributed by atoms with van der Waals surface area (Å²) >= 11 is 5.90. The van der Waals surface area contributed by atoms with Crippen LogP contribution in [0.5, 0.6) is 5.75 Å². The molecule has 0 aliphatic carbocycles. The Bertz CT molecular complexity index is 857. The minimum atomic E-state index is -0.404. The summed E-state index contributed by atoms with van der Waals surface area (Å²) in [4.78, 5) is 25.2. The first-order valence-electron chi connectivity index (χ1n) is 6.20. The van der Waals surface area contributed by atoms with Gasteiger partial charge in [-0.1, -0.05) is 17.7 Å². The molecule has 2 aromatic heterocycles. The third kappa shape index (κ3) is 2.68. The molecular weight excluding hydrogens is 294 g/mol. The monoisotopic (exact) mass is 305 g/mol. The Balaban J connectivity index is 1.93. The van der Waals surface area contributed by atoms with Crippen LogP contribution in [0.2, 0.25) is 5.02 Å². The maximum absolute atomic E-state index is 11.7. The molecule has 3 rings (SSSR count). The lowest BCUT2D eigenvalue weighted by molar-refractivity contribution is 0.218. The molecule has 0 radical (unpaired) electrons. The van der Waals surface area contributed by atoms with Gasteiger partial charge < -0.3 is 15.5 Å². The van der Waals surface area contributed by atoms with Gasteiger partial charge in [0.2, 0.25) is 5.95 Å². The van der Waals surface area contributed by atoms with Crippen molar-refractivity contribution in [2.24, 2.45) is 0 Å². The maximum Gasteiger partial charge on any atom is 0.278 e. The van der Waals surface area contributed by atoms with Crippen molar-refractivity contribution in [3.8, 4) is 5.75 Å². The van der Waals surface area contributed by atoms with E-state index in [9.17, 15) is 4.79 Å². The number of hydrogen-bond acceptors (Lipinski definition) is 5. The lowest BCUT2D eigenvalue weighted by Crippen LogP contribution is -2.11. The number of aromatic amines is 2. The van der Waals surface area contributed by atoms with Crippen molar-refractivity contribution >= 4 is 28.7 Å². The highest BCUT2D eigenvalue weighted by molar-refractivity contribution is 6.30. The van der Waals surface area contributed by atoms with E-state index in [-0.39, 0.29) is 22.7 Å². The first-order valence-corrected chi connectivity index (χ1v) is 6.58. The number of rotatable bonds is 3. The third-order valence-corrected chi connectivity index (χ3v) is 3.13. The summed E-state index contributed by atoms with van der Waals surface area (Å²) in [6.07, 6.45) is -0.404. The summed E-state index contributed by atoms with van der Waals surface area (Å²) in [5.74, 6) is 1.11. The lowest BCUT2D eigenvalue weighted by atomic mass is 10.3. The van der Waals surface area contributed by atoms with Gasteiger partial charge in [0.25, 0.3) is 5.56 Å². The molecule has 0 amide bonds. The van der Waals surface area contributed by atoms with Crippen molar-refractivity contribution in [2.45, 2.75) is 13.0 Å². The van der Waals surface area contributed by atoms with E-state index in [2.05, 4.69) is 19.9 Å². The van der Waals surface area contributed by atoms with E-state index < -0.39 is 6.10 Å². The van der Waals surface area contributed by atoms with Crippen LogP contribution in [0.15, 0.2) is 29.1 Å². The number of anilines is 1. The molecule has 0 bridgehead atoms. The third-order valence-electron chi connectivity index (χ3n) is 2.89. The summed E-state index contributed by atoms with van der Waals surface area (Å²) in [6.45, 7) is 1.80. The summed E-state index contributed by atoms with van der Waals surface area (Å²) in [6, 6.07) is 7.03. The molecule has 21 heavy (non-hydrogen) atoms. The average molecular weight is 306 g/mol. The molecule has 108 valence electrons. The van der Waals surface area contributed by atoms with Crippen molar-refractivity contribution in [1.82, 2.24) is 19.9 Å². The van der Waals surface area contributed by atoms with Crippen LogP contribution in [0, 0.1) is 0 Å². The van der Waals surface area contributed by atoms with Gasteiger partial charge >= 0.3 is 0 Å². The van der Waals surface area contributed by atoms with Crippen molar-refractivity contribution in [2.75, 3.05) is 5.73 Å². The van der Waals surface area contributed by atoms with Crippen LogP contribution in [-0.4, -0.2) is 19.9 Å². The molecule has 2 heterocycles. The average Bonchev–Trinajstić information content (AvgIpc) is 2.83. The lowest BCUT2D eigenvalue weighted by Gasteiger charge is -2.12. The molecule has 7 nitrogen and oxygen atoms in total. The number of fused-ring (bicyclic) bond motifs is 1. The van der Waals surface area contributed by atoms with Crippen LogP contribution in [-0.2, 0) is 0 Å². The second kappa shape index (κ2) is 5.10. The normalized spacial score (nSPS) is 12.5. The highest BCUT2D eigenvalue weighted by Gasteiger charge is 2.15. The highest BCUT2D eigenvalue weighted by atomic mass is 35.5. The Labute approximate surface area is 124 Å². The molecule has 1 atom stereocenters. The zero-order valence-electron chi connectivity index (χ0n) is 11.1. The van der Waals surface area contributed by atoms with E-state index >= 15 is 0 Å². The largest absolute Gasteiger partial charge is 0.483 e. The van der Waals surface area contributed by atoms with E-state index in [0.29, 0.717) is 16.6 Å². The van der Waals surface area contributed by atoms with Gasteiger partial charge in [0.1, 0.15) is 11.6 Å². The number of H-pyrrole nitrogens is 2. The molecule has 1 unspecified atom stereocenters.